The molecule has 0 bridgehead atoms. The molecule has 0 saturated heterocycles. The standard InChI is InChI=1S/C13H20N2O/c1-3-7-15(12-4-5-12)10-13(16)11-6-8-14(2)9-11/h6,8-9,12H,3-5,7,10H2,1-2H3. The van der Waals surface area contributed by atoms with Gasteiger partial charge in [0.05, 0.1) is 6.54 Å². The summed E-state index contributed by atoms with van der Waals surface area (Å²) in [5.74, 6) is 0.251. The predicted octanol–water partition coefficient (Wildman–Crippen LogP) is 2.08. The van der Waals surface area contributed by atoms with Crippen molar-refractivity contribution in [2.45, 2.75) is 32.2 Å². The van der Waals surface area contributed by atoms with Crippen molar-refractivity contribution in [2.75, 3.05) is 13.1 Å². The molecule has 16 heavy (non-hydrogen) atoms. The van der Waals surface area contributed by atoms with Crippen molar-refractivity contribution in [1.82, 2.24) is 9.47 Å². The van der Waals surface area contributed by atoms with Gasteiger partial charge in [0.25, 0.3) is 0 Å². The summed E-state index contributed by atoms with van der Waals surface area (Å²) < 4.78 is 1.93. The number of rotatable bonds is 6. The Morgan fingerprint density at radius 3 is 2.81 bits per heavy atom. The lowest BCUT2D eigenvalue weighted by atomic mass is 10.2. The SMILES string of the molecule is CCCN(CC(=O)c1ccn(C)c1)C1CC1. The molecule has 1 aliphatic carbocycles. The Hall–Kier alpha value is -1.09. The molecule has 1 aliphatic rings. The summed E-state index contributed by atoms with van der Waals surface area (Å²) >= 11 is 0. The van der Waals surface area contributed by atoms with Crippen molar-refractivity contribution >= 4 is 5.78 Å². The first kappa shape index (κ1) is 11.4. The highest BCUT2D eigenvalue weighted by Crippen LogP contribution is 2.26. The molecule has 0 N–H and O–H groups in total. The Kier molecular flexibility index (Phi) is 3.44. The van der Waals surface area contributed by atoms with Crippen molar-refractivity contribution in [3.05, 3.63) is 24.0 Å². The van der Waals surface area contributed by atoms with Crippen LogP contribution < -0.4 is 0 Å². The zero-order valence-electron chi connectivity index (χ0n) is 10.1. The lowest BCUT2D eigenvalue weighted by molar-refractivity contribution is 0.0925. The molecular formula is C13H20N2O. The fraction of sp³-hybridized carbons (Fsp3) is 0.615. The first-order chi connectivity index (χ1) is 7.70. The van der Waals surface area contributed by atoms with Gasteiger partial charge in [-0.15, -0.1) is 0 Å². The average molecular weight is 220 g/mol. The number of nitrogens with zero attached hydrogens (tertiary/aromatic N) is 2. The molecule has 0 atom stereocenters. The molecular weight excluding hydrogens is 200 g/mol. The van der Waals surface area contributed by atoms with Gasteiger partial charge in [0.15, 0.2) is 5.78 Å². The first-order valence-corrected chi connectivity index (χ1v) is 6.10. The van der Waals surface area contributed by atoms with Crippen molar-refractivity contribution in [3.8, 4) is 0 Å². The highest BCUT2D eigenvalue weighted by atomic mass is 16.1. The topological polar surface area (TPSA) is 25.2 Å². The zero-order valence-corrected chi connectivity index (χ0v) is 10.1. The van der Waals surface area contributed by atoms with Gasteiger partial charge in [-0.2, -0.15) is 0 Å². The number of carbonyl (C=O) groups excluding carboxylic acids is 1. The number of ketones is 1. The molecule has 1 aromatic rings. The number of aromatic nitrogens is 1. The van der Waals surface area contributed by atoms with Crippen LogP contribution in [0.3, 0.4) is 0 Å². The highest BCUT2D eigenvalue weighted by Gasteiger charge is 2.29. The summed E-state index contributed by atoms with van der Waals surface area (Å²) in [4.78, 5) is 14.3. The normalized spacial score (nSPS) is 15.7. The maximum absolute atomic E-state index is 12.0. The van der Waals surface area contributed by atoms with Gasteiger partial charge in [0, 0.05) is 31.0 Å². The van der Waals surface area contributed by atoms with Gasteiger partial charge in [-0.3, -0.25) is 9.69 Å². The maximum atomic E-state index is 12.0. The molecule has 1 heterocycles. The van der Waals surface area contributed by atoms with E-state index >= 15 is 0 Å². The van der Waals surface area contributed by atoms with E-state index in [-0.39, 0.29) is 5.78 Å². The van der Waals surface area contributed by atoms with Crippen molar-refractivity contribution in [1.29, 1.82) is 0 Å². The van der Waals surface area contributed by atoms with Gasteiger partial charge in [-0.05, 0) is 31.9 Å². The van der Waals surface area contributed by atoms with E-state index in [1.54, 1.807) is 0 Å². The lowest BCUT2D eigenvalue weighted by Crippen LogP contribution is -2.32. The summed E-state index contributed by atoms with van der Waals surface area (Å²) in [5.41, 5.74) is 0.837. The van der Waals surface area contributed by atoms with Gasteiger partial charge in [-0.1, -0.05) is 6.92 Å². The van der Waals surface area contributed by atoms with Crippen LogP contribution in [0.25, 0.3) is 0 Å². The molecule has 3 heteroatoms. The smallest absolute Gasteiger partial charge is 0.178 e. The number of hydrogen-bond donors (Lipinski definition) is 0. The molecule has 0 aromatic carbocycles. The van der Waals surface area contributed by atoms with Gasteiger partial charge < -0.3 is 4.57 Å². The van der Waals surface area contributed by atoms with Crippen molar-refractivity contribution < 1.29 is 4.79 Å². The van der Waals surface area contributed by atoms with Crippen LogP contribution in [0.1, 0.15) is 36.5 Å². The minimum atomic E-state index is 0.251. The Balaban J connectivity index is 1.94. The monoisotopic (exact) mass is 220 g/mol. The molecule has 0 unspecified atom stereocenters. The summed E-state index contributed by atoms with van der Waals surface area (Å²) in [6.45, 7) is 3.80. The number of hydrogen-bond acceptors (Lipinski definition) is 2. The van der Waals surface area contributed by atoms with E-state index in [1.165, 1.54) is 12.8 Å². The summed E-state index contributed by atoms with van der Waals surface area (Å²) in [7, 11) is 1.95. The van der Waals surface area contributed by atoms with Gasteiger partial charge in [0.2, 0.25) is 0 Å². The van der Waals surface area contributed by atoms with Crippen LogP contribution in [-0.2, 0) is 7.05 Å². The van der Waals surface area contributed by atoms with E-state index in [4.69, 9.17) is 0 Å². The maximum Gasteiger partial charge on any atom is 0.178 e. The average Bonchev–Trinajstić information content (AvgIpc) is 3.00. The molecule has 1 aromatic heterocycles. The third-order valence-electron chi connectivity index (χ3n) is 3.07. The second kappa shape index (κ2) is 4.83. The van der Waals surface area contributed by atoms with E-state index in [9.17, 15) is 4.79 Å². The molecule has 0 radical (unpaired) electrons. The van der Waals surface area contributed by atoms with Crippen LogP contribution in [0, 0.1) is 0 Å². The van der Waals surface area contributed by atoms with E-state index < -0.39 is 0 Å². The second-order valence-corrected chi connectivity index (χ2v) is 4.69. The van der Waals surface area contributed by atoms with E-state index in [2.05, 4.69) is 11.8 Å². The van der Waals surface area contributed by atoms with Gasteiger partial charge in [0.1, 0.15) is 0 Å². The van der Waals surface area contributed by atoms with E-state index in [0.717, 1.165) is 18.5 Å². The Morgan fingerprint density at radius 1 is 1.56 bits per heavy atom. The first-order valence-electron chi connectivity index (χ1n) is 6.10. The Morgan fingerprint density at radius 2 is 2.31 bits per heavy atom. The third-order valence-corrected chi connectivity index (χ3v) is 3.07. The Labute approximate surface area is 97.1 Å². The van der Waals surface area contributed by atoms with Gasteiger partial charge in [-0.25, -0.2) is 0 Å². The number of Topliss-reactive ketones (excluding diaryl/α,β-unsaturated/α-hetero) is 1. The Bertz CT molecular complexity index is 366. The molecule has 88 valence electrons. The number of aryl methyl sites for hydroxylation is 1. The van der Waals surface area contributed by atoms with Crippen LogP contribution in [0.4, 0.5) is 0 Å². The molecule has 0 spiro atoms. The third kappa shape index (κ3) is 2.73. The van der Waals surface area contributed by atoms with Crippen LogP contribution in [0.15, 0.2) is 18.5 Å². The second-order valence-electron chi connectivity index (χ2n) is 4.69. The van der Waals surface area contributed by atoms with E-state index in [1.807, 2.05) is 30.1 Å². The van der Waals surface area contributed by atoms with Crippen LogP contribution in [0.5, 0.6) is 0 Å². The summed E-state index contributed by atoms with van der Waals surface area (Å²) in [5, 5.41) is 0. The van der Waals surface area contributed by atoms with E-state index in [0.29, 0.717) is 12.6 Å². The minimum absolute atomic E-state index is 0.251. The highest BCUT2D eigenvalue weighted by molar-refractivity contribution is 5.97. The molecule has 0 amide bonds. The van der Waals surface area contributed by atoms with Crippen LogP contribution >= 0.6 is 0 Å². The molecule has 1 fully saturated rings. The van der Waals surface area contributed by atoms with Crippen LogP contribution in [0.2, 0.25) is 0 Å². The number of carbonyl (C=O) groups is 1. The largest absolute Gasteiger partial charge is 0.357 e. The molecule has 0 aliphatic heterocycles. The zero-order chi connectivity index (χ0) is 11.5. The quantitative estimate of drug-likeness (QED) is 0.686. The molecule has 1 saturated carbocycles. The summed E-state index contributed by atoms with van der Waals surface area (Å²) in [6, 6.07) is 2.58. The molecule has 3 nitrogen and oxygen atoms in total. The van der Waals surface area contributed by atoms with Crippen molar-refractivity contribution in [2.24, 2.45) is 7.05 Å². The minimum Gasteiger partial charge on any atom is -0.357 e. The van der Waals surface area contributed by atoms with Crippen LogP contribution in [-0.4, -0.2) is 34.4 Å². The lowest BCUT2D eigenvalue weighted by Gasteiger charge is -2.19. The predicted molar refractivity (Wildman–Crippen MR) is 64.6 cm³/mol. The van der Waals surface area contributed by atoms with Gasteiger partial charge >= 0.3 is 0 Å². The fourth-order valence-corrected chi connectivity index (χ4v) is 2.06. The molecule has 2 rings (SSSR count). The van der Waals surface area contributed by atoms with Crippen molar-refractivity contribution in [3.63, 3.8) is 0 Å². The summed E-state index contributed by atoms with van der Waals surface area (Å²) in [6.07, 6.45) is 7.48. The fourth-order valence-electron chi connectivity index (χ4n) is 2.06.